The van der Waals surface area contributed by atoms with Crippen LogP contribution in [0.1, 0.15) is 33.1 Å². The first kappa shape index (κ1) is 22.8. The Morgan fingerprint density at radius 2 is 2.04 bits per heavy atom. The molecule has 8 heteroatoms. The average molecular weight is 450 g/mol. The van der Waals surface area contributed by atoms with Crippen LogP contribution in [-0.4, -0.2) is 68.3 Å². The first-order valence-corrected chi connectivity index (χ1v) is 8.14. The maximum Gasteiger partial charge on any atom is 0.401 e. The third-order valence-corrected chi connectivity index (χ3v) is 3.82. The van der Waals surface area contributed by atoms with Crippen molar-refractivity contribution in [3.63, 3.8) is 0 Å². The van der Waals surface area contributed by atoms with Crippen molar-refractivity contribution in [2.75, 3.05) is 46.3 Å². The van der Waals surface area contributed by atoms with Crippen LogP contribution in [0.15, 0.2) is 4.99 Å². The van der Waals surface area contributed by atoms with E-state index in [1.807, 2.05) is 14.0 Å². The second kappa shape index (κ2) is 11.3. The highest BCUT2D eigenvalue weighted by molar-refractivity contribution is 14.0. The van der Waals surface area contributed by atoms with Gasteiger partial charge < -0.3 is 10.2 Å². The van der Waals surface area contributed by atoms with Gasteiger partial charge in [0.05, 0.1) is 6.54 Å². The molecule has 0 aromatic carbocycles. The van der Waals surface area contributed by atoms with Gasteiger partial charge in [-0.05, 0) is 32.2 Å². The van der Waals surface area contributed by atoms with Crippen molar-refractivity contribution in [2.45, 2.75) is 39.3 Å². The third-order valence-electron chi connectivity index (χ3n) is 3.82. The Hall–Kier alpha value is -0.250. The number of halogens is 4. The highest BCUT2D eigenvalue weighted by Crippen LogP contribution is 2.22. The normalized spacial score (nSPS) is 19.6. The summed E-state index contributed by atoms with van der Waals surface area (Å²) in [6.45, 7) is 6.68. The van der Waals surface area contributed by atoms with E-state index in [4.69, 9.17) is 0 Å². The fourth-order valence-corrected chi connectivity index (χ4v) is 2.65. The fraction of sp³-hybridized carbons (Fsp3) is 0.933. The van der Waals surface area contributed by atoms with Crippen LogP contribution < -0.4 is 5.32 Å². The number of hydrogen-bond donors (Lipinski definition) is 1. The molecule has 0 bridgehead atoms. The Labute approximate surface area is 154 Å². The van der Waals surface area contributed by atoms with Crippen LogP contribution in [0.5, 0.6) is 0 Å². The number of aliphatic imine (C=N–C) groups is 1. The number of guanidine groups is 1. The number of likely N-dealkylation sites (tertiary alicyclic amines) is 1. The Balaban J connectivity index is 0.00000484. The second-order valence-electron chi connectivity index (χ2n) is 5.97. The molecule has 0 aromatic rings. The van der Waals surface area contributed by atoms with Gasteiger partial charge in [-0.3, -0.25) is 9.89 Å². The first-order chi connectivity index (χ1) is 10.4. The van der Waals surface area contributed by atoms with E-state index in [-0.39, 0.29) is 29.9 Å². The summed E-state index contributed by atoms with van der Waals surface area (Å²) >= 11 is 0. The zero-order chi connectivity index (χ0) is 16.6. The van der Waals surface area contributed by atoms with Gasteiger partial charge in [0.1, 0.15) is 0 Å². The molecule has 0 radical (unpaired) electrons. The number of nitrogens with one attached hydrogen (secondary N) is 1. The lowest BCUT2D eigenvalue weighted by Crippen LogP contribution is -2.39. The van der Waals surface area contributed by atoms with E-state index in [1.54, 1.807) is 0 Å². The van der Waals surface area contributed by atoms with Gasteiger partial charge in [0, 0.05) is 33.2 Å². The molecular formula is C15H30F3IN4. The third kappa shape index (κ3) is 9.59. The van der Waals surface area contributed by atoms with E-state index >= 15 is 0 Å². The Bertz CT molecular complexity index is 350. The molecule has 1 aliphatic heterocycles. The monoisotopic (exact) mass is 450 g/mol. The summed E-state index contributed by atoms with van der Waals surface area (Å²) in [5.41, 5.74) is 0. The van der Waals surface area contributed by atoms with Crippen molar-refractivity contribution in [3.8, 4) is 0 Å². The van der Waals surface area contributed by atoms with Crippen molar-refractivity contribution >= 4 is 29.9 Å². The minimum atomic E-state index is -4.10. The molecular weight excluding hydrogens is 420 g/mol. The Morgan fingerprint density at radius 1 is 1.35 bits per heavy atom. The summed E-state index contributed by atoms with van der Waals surface area (Å²) in [6, 6.07) is 0. The number of hydrogen-bond acceptors (Lipinski definition) is 2. The highest BCUT2D eigenvalue weighted by atomic mass is 127. The van der Waals surface area contributed by atoms with Crippen LogP contribution in [0, 0.1) is 5.92 Å². The van der Waals surface area contributed by atoms with Gasteiger partial charge in [0.15, 0.2) is 5.96 Å². The molecule has 1 aliphatic rings. The predicted octanol–water partition coefficient (Wildman–Crippen LogP) is 3.19. The standard InChI is InChI=1S/C15H29F3N4.HI/c1-4-6-8-21(3)14(19-5-2)20-10-13-7-9-22(11-13)12-15(16,17)18;/h13H,4-12H2,1-3H3,(H,19,20);1H. The molecule has 0 aliphatic carbocycles. The molecule has 1 saturated heterocycles. The summed E-state index contributed by atoms with van der Waals surface area (Å²) < 4.78 is 37.2. The minimum absolute atomic E-state index is 0. The number of nitrogens with zero attached hydrogens (tertiary/aromatic N) is 3. The molecule has 0 aromatic heterocycles. The van der Waals surface area contributed by atoms with Crippen LogP contribution in [0.25, 0.3) is 0 Å². The van der Waals surface area contributed by atoms with E-state index < -0.39 is 12.7 Å². The molecule has 1 N–H and O–H groups in total. The van der Waals surface area contributed by atoms with Gasteiger partial charge >= 0.3 is 6.18 Å². The molecule has 0 spiro atoms. The molecule has 1 heterocycles. The average Bonchev–Trinajstić information content (AvgIpc) is 2.86. The van der Waals surface area contributed by atoms with E-state index in [0.29, 0.717) is 19.6 Å². The second-order valence-corrected chi connectivity index (χ2v) is 5.97. The van der Waals surface area contributed by atoms with Crippen LogP contribution in [0.4, 0.5) is 13.2 Å². The van der Waals surface area contributed by atoms with Crippen LogP contribution >= 0.6 is 24.0 Å². The van der Waals surface area contributed by atoms with Gasteiger partial charge in [-0.15, -0.1) is 24.0 Å². The lowest BCUT2D eigenvalue weighted by atomic mass is 10.1. The quantitative estimate of drug-likeness (QED) is 0.367. The fourth-order valence-electron chi connectivity index (χ4n) is 2.65. The summed E-state index contributed by atoms with van der Waals surface area (Å²) in [5, 5.41) is 3.25. The molecule has 4 nitrogen and oxygen atoms in total. The molecule has 1 atom stereocenters. The number of rotatable bonds is 7. The Morgan fingerprint density at radius 3 is 2.61 bits per heavy atom. The summed E-state index contributed by atoms with van der Waals surface area (Å²) in [7, 11) is 2.00. The molecule has 1 rings (SSSR count). The van der Waals surface area contributed by atoms with Crippen molar-refractivity contribution in [1.29, 1.82) is 0 Å². The molecule has 138 valence electrons. The van der Waals surface area contributed by atoms with Crippen molar-refractivity contribution in [2.24, 2.45) is 10.9 Å². The van der Waals surface area contributed by atoms with Crippen LogP contribution in [0.3, 0.4) is 0 Å². The van der Waals surface area contributed by atoms with Gasteiger partial charge in [-0.1, -0.05) is 13.3 Å². The minimum Gasteiger partial charge on any atom is -0.357 e. The van der Waals surface area contributed by atoms with Gasteiger partial charge in [-0.25, -0.2) is 0 Å². The Kier molecular flexibility index (Phi) is 11.2. The van der Waals surface area contributed by atoms with Gasteiger partial charge in [0.25, 0.3) is 0 Å². The van der Waals surface area contributed by atoms with E-state index in [2.05, 4.69) is 22.1 Å². The van der Waals surface area contributed by atoms with E-state index in [9.17, 15) is 13.2 Å². The topological polar surface area (TPSA) is 30.9 Å². The molecule has 0 amide bonds. The predicted molar refractivity (Wildman–Crippen MR) is 99.5 cm³/mol. The molecule has 1 unspecified atom stereocenters. The van der Waals surface area contributed by atoms with Gasteiger partial charge in [-0.2, -0.15) is 13.2 Å². The van der Waals surface area contributed by atoms with Gasteiger partial charge in [0.2, 0.25) is 0 Å². The molecule has 0 saturated carbocycles. The van der Waals surface area contributed by atoms with Crippen LogP contribution in [-0.2, 0) is 0 Å². The van der Waals surface area contributed by atoms with Crippen molar-refractivity contribution < 1.29 is 13.2 Å². The summed E-state index contributed by atoms with van der Waals surface area (Å²) in [6.07, 6.45) is -1.09. The summed E-state index contributed by atoms with van der Waals surface area (Å²) in [5.74, 6) is 1.07. The lowest BCUT2D eigenvalue weighted by Gasteiger charge is -2.22. The largest absolute Gasteiger partial charge is 0.401 e. The molecule has 23 heavy (non-hydrogen) atoms. The first-order valence-electron chi connectivity index (χ1n) is 8.14. The highest BCUT2D eigenvalue weighted by Gasteiger charge is 2.34. The van der Waals surface area contributed by atoms with E-state index in [1.165, 1.54) is 4.90 Å². The molecule has 1 fully saturated rings. The summed E-state index contributed by atoms with van der Waals surface area (Å²) in [4.78, 5) is 8.18. The number of unbranched alkanes of at least 4 members (excludes halogenated alkanes) is 1. The van der Waals surface area contributed by atoms with Crippen LogP contribution in [0.2, 0.25) is 0 Å². The number of alkyl halides is 3. The maximum atomic E-state index is 12.4. The zero-order valence-electron chi connectivity index (χ0n) is 14.3. The van der Waals surface area contributed by atoms with Crippen molar-refractivity contribution in [3.05, 3.63) is 0 Å². The zero-order valence-corrected chi connectivity index (χ0v) is 16.7. The smallest absolute Gasteiger partial charge is 0.357 e. The lowest BCUT2D eigenvalue weighted by molar-refractivity contribution is -0.143. The van der Waals surface area contributed by atoms with E-state index in [0.717, 1.165) is 38.3 Å². The van der Waals surface area contributed by atoms with Crippen molar-refractivity contribution in [1.82, 2.24) is 15.1 Å². The maximum absolute atomic E-state index is 12.4. The SMILES string of the molecule is CCCCN(C)C(=NCC1CCN(CC(F)(F)F)C1)NCC.I.